The van der Waals surface area contributed by atoms with Crippen LogP contribution in [0.2, 0.25) is 0 Å². The number of carbonyl (C=O) groups is 1. The number of nitrogens with zero attached hydrogens (tertiary/aromatic N) is 2. The molecule has 1 fully saturated rings. The molecule has 2 N–H and O–H groups in total. The summed E-state index contributed by atoms with van der Waals surface area (Å²) in [4.78, 5) is 18.2. The monoisotopic (exact) mass is 441 g/mol. The van der Waals surface area contributed by atoms with Crippen LogP contribution < -0.4 is 5.48 Å². The van der Waals surface area contributed by atoms with Crippen molar-refractivity contribution in [3.05, 3.63) is 24.7 Å². The van der Waals surface area contributed by atoms with Gasteiger partial charge in [0.05, 0.1) is 12.0 Å². The van der Waals surface area contributed by atoms with E-state index < -0.39 is 0 Å². The minimum atomic E-state index is -0.182. The van der Waals surface area contributed by atoms with E-state index in [0.717, 1.165) is 38.5 Å². The molecule has 2 atom stereocenters. The van der Waals surface area contributed by atoms with Crippen molar-refractivity contribution in [2.45, 2.75) is 106 Å². The second-order valence-electron chi connectivity index (χ2n) is 6.44. The van der Waals surface area contributed by atoms with Gasteiger partial charge in [-0.3, -0.25) is 15.5 Å². The molecule has 2 heterocycles. The maximum Gasteiger partial charge on any atom is 0.309 e. The third kappa shape index (κ3) is 11.4. The summed E-state index contributed by atoms with van der Waals surface area (Å²) in [5, 5.41) is 8.87. The van der Waals surface area contributed by atoms with Gasteiger partial charge in [0.1, 0.15) is 18.7 Å². The Morgan fingerprint density at radius 2 is 1.81 bits per heavy atom. The van der Waals surface area contributed by atoms with Gasteiger partial charge in [-0.05, 0) is 31.8 Å². The Labute approximate surface area is 190 Å². The van der Waals surface area contributed by atoms with Crippen molar-refractivity contribution >= 4 is 11.8 Å². The molecule has 31 heavy (non-hydrogen) atoms. The molecular formula is C24H47N3O4. The van der Waals surface area contributed by atoms with Crippen LogP contribution in [0.1, 0.15) is 93.9 Å². The Balaban J connectivity index is 0. The van der Waals surface area contributed by atoms with E-state index in [1.54, 1.807) is 12.3 Å². The predicted octanol–water partition coefficient (Wildman–Crippen LogP) is 6.01. The van der Waals surface area contributed by atoms with E-state index >= 15 is 0 Å². The highest BCUT2D eigenvalue weighted by Gasteiger charge is 2.32. The molecule has 2 rings (SSSR count). The molecule has 7 nitrogen and oxygen atoms in total. The summed E-state index contributed by atoms with van der Waals surface area (Å²) in [7, 11) is 0. The zero-order valence-corrected chi connectivity index (χ0v) is 21.1. The number of rotatable bonds is 8. The van der Waals surface area contributed by atoms with Crippen molar-refractivity contribution in [2.24, 2.45) is 10.9 Å². The van der Waals surface area contributed by atoms with Crippen LogP contribution in [0.4, 0.5) is 0 Å². The van der Waals surface area contributed by atoms with Crippen molar-refractivity contribution < 1.29 is 19.5 Å². The molecule has 7 heteroatoms. The number of hydrogen-bond acceptors (Lipinski definition) is 7. The predicted molar refractivity (Wildman–Crippen MR) is 129 cm³/mol. The minimum absolute atomic E-state index is 0.00394. The fraction of sp³-hybridized carbons (Fsp3) is 0.750. The highest BCUT2D eigenvalue weighted by atomic mass is 16.6. The van der Waals surface area contributed by atoms with Gasteiger partial charge in [-0.15, -0.1) is 0 Å². The molecule has 0 bridgehead atoms. The lowest BCUT2D eigenvalue weighted by Crippen LogP contribution is -2.34. The summed E-state index contributed by atoms with van der Waals surface area (Å²) in [6.45, 7) is 20.3. The third-order valence-corrected chi connectivity index (χ3v) is 4.47. The molecule has 0 radical (unpaired) electrons. The Bertz CT molecular complexity index is 529. The molecule has 0 aromatic heterocycles. The zero-order valence-electron chi connectivity index (χ0n) is 21.1. The van der Waals surface area contributed by atoms with Crippen molar-refractivity contribution in [1.29, 1.82) is 0 Å². The molecule has 2 aliphatic heterocycles. The number of ether oxygens (including phenoxy) is 2. The minimum Gasteiger partial charge on any atom is -0.463 e. The number of aliphatic imine (C=N–C) groups is 1. The molecule has 0 spiro atoms. The molecule has 182 valence electrons. The second kappa shape index (κ2) is 20.1. The molecule has 2 aliphatic rings. The summed E-state index contributed by atoms with van der Waals surface area (Å²) in [5.41, 5.74) is 2.00. The van der Waals surface area contributed by atoms with Crippen LogP contribution in [0.15, 0.2) is 29.7 Å². The summed E-state index contributed by atoms with van der Waals surface area (Å²) < 4.78 is 11.5. The molecule has 0 aliphatic carbocycles. The fourth-order valence-corrected chi connectivity index (χ4v) is 3.18. The van der Waals surface area contributed by atoms with Crippen molar-refractivity contribution in [3.8, 4) is 0 Å². The normalized spacial score (nSPS) is 19.2. The van der Waals surface area contributed by atoms with Gasteiger partial charge in [0, 0.05) is 6.20 Å². The number of amidine groups is 1. The Morgan fingerprint density at radius 1 is 1.23 bits per heavy atom. The SMILES string of the molecule is C=C1N=C(NO)C=CN1C1CCC(COC(=O)C(CCC)CCC)O1.CC.CC.CC. The summed E-state index contributed by atoms with van der Waals surface area (Å²) in [6, 6.07) is 0. The number of hydroxylamine groups is 1. The standard InChI is InChI=1S/C18H29N3O4.3C2H6/c1-4-6-14(7-5-2)18(22)24-12-15-8-9-17(25-15)21-11-10-16(20-23)19-13(21)3;3*1-2/h10-11,14-15,17,23H,3-9,12H2,1-2H3,(H,19,20);3*1-2H3. The fourth-order valence-electron chi connectivity index (χ4n) is 3.18. The van der Waals surface area contributed by atoms with E-state index in [2.05, 4.69) is 25.4 Å². The van der Waals surface area contributed by atoms with Gasteiger partial charge in [0.15, 0.2) is 5.84 Å². The van der Waals surface area contributed by atoms with Gasteiger partial charge in [-0.2, -0.15) is 0 Å². The number of nitrogens with one attached hydrogen (secondary N) is 1. The average molecular weight is 442 g/mol. The van der Waals surface area contributed by atoms with Crippen LogP contribution in [-0.2, 0) is 14.3 Å². The first kappa shape index (κ1) is 31.3. The van der Waals surface area contributed by atoms with E-state index in [9.17, 15) is 4.79 Å². The number of carbonyl (C=O) groups excluding carboxylic acids is 1. The lowest BCUT2D eigenvalue weighted by atomic mass is 9.99. The van der Waals surface area contributed by atoms with E-state index in [-0.39, 0.29) is 30.8 Å². The van der Waals surface area contributed by atoms with Gasteiger partial charge >= 0.3 is 5.97 Å². The highest BCUT2D eigenvalue weighted by molar-refractivity contribution is 5.93. The van der Waals surface area contributed by atoms with Gasteiger partial charge < -0.3 is 14.4 Å². The second-order valence-corrected chi connectivity index (χ2v) is 6.44. The van der Waals surface area contributed by atoms with E-state index in [4.69, 9.17) is 14.7 Å². The van der Waals surface area contributed by atoms with Crippen molar-refractivity contribution in [2.75, 3.05) is 6.61 Å². The first-order valence-electron chi connectivity index (χ1n) is 12.0. The van der Waals surface area contributed by atoms with Gasteiger partial charge in [0.25, 0.3) is 0 Å². The topological polar surface area (TPSA) is 83.4 Å². The third-order valence-electron chi connectivity index (χ3n) is 4.47. The van der Waals surface area contributed by atoms with Crippen LogP contribution in [0.5, 0.6) is 0 Å². The van der Waals surface area contributed by atoms with E-state index in [1.807, 2.05) is 51.9 Å². The maximum absolute atomic E-state index is 12.2. The summed E-state index contributed by atoms with van der Waals surface area (Å²) in [6.07, 6.45) is 8.45. The van der Waals surface area contributed by atoms with Crippen LogP contribution in [0, 0.1) is 5.92 Å². The lowest BCUT2D eigenvalue weighted by Gasteiger charge is -2.29. The van der Waals surface area contributed by atoms with Crippen LogP contribution in [0.3, 0.4) is 0 Å². The molecule has 0 aromatic rings. The summed E-state index contributed by atoms with van der Waals surface area (Å²) >= 11 is 0. The first-order chi connectivity index (χ1) is 15.1. The van der Waals surface area contributed by atoms with E-state index in [0.29, 0.717) is 11.7 Å². The van der Waals surface area contributed by atoms with Crippen LogP contribution >= 0.6 is 0 Å². The Morgan fingerprint density at radius 3 is 2.29 bits per heavy atom. The van der Waals surface area contributed by atoms with E-state index in [1.165, 1.54) is 0 Å². The van der Waals surface area contributed by atoms with Crippen molar-refractivity contribution in [3.63, 3.8) is 0 Å². The summed E-state index contributed by atoms with van der Waals surface area (Å²) in [5.74, 6) is 0.715. The quantitative estimate of drug-likeness (QED) is 0.355. The smallest absolute Gasteiger partial charge is 0.309 e. The van der Waals surface area contributed by atoms with Gasteiger partial charge in [-0.1, -0.05) is 74.8 Å². The highest BCUT2D eigenvalue weighted by Crippen LogP contribution is 2.27. The number of esters is 1. The van der Waals surface area contributed by atoms with Crippen molar-refractivity contribution in [1.82, 2.24) is 10.4 Å². The maximum atomic E-state index is 12.2. The van der Waals surface area contributed by atoms with Gasteiger partial charge in [0.2, 0.25) is 0 Å². The Kier molecular flexibility index (Phi) is 20.3. The van der Waals surface area contributed by atoms with Crippen LogP contribution in [-0.4, -0.2) is 40.9 Å². The zero-order chi connectivity index (χ0) is 24.2. The molecule has 2 unspecified atom stereocenters. The largest absolute Gasteiger partial charge is 0.463 e. The Hall–Kier alpha value is -1.86. The first-order valence-corrected chi connectivity index (χ1v) is 12.0. The molecular weight excluding hydrogens is 394 g/mol. The van der Waals surface area contributed by atoms with Gasteiger partial charge in [-0.25, -0.2) is 4.99 Å². The van der Waals surface area contributed by atoms with Crippen LogP contribution in [0.25, 0.3) is 0 Å². The molecule has 1 saturated heterocycles. The molecule has 0 aromatic carbocycles. The average Bonchev–Trinajstić information content (AvgIpc) is 3.30. The lowest BCUT2D eigenvalue weighted by molar-refractivity contribution is -0.154. The molecule has 0 saturated carbocycles. The number of hydrogen-bond donors (Lipinski definition) is 2. The molecule has 0 amide bonds.